The standard InChI is InChI=1S/C16H21ClN2O.ClH/c1-11(12-9-18-10-12)16(20)19-8-4-7-15(19)13-5-2-3-6-14(13)17;/h2-3,5-6,11-12,15,18H,4,7-10H2,1H3;1H. The molecule has 0 bridgehead atoms. The zero-order valence-electron chi connectivity index (χ0n) is 12.2. The molecular formula is C16H22Cl2N2O. The van der Waals surface area contributed by atoms with Crippen LogP contribution in [-0.4, -0.2) is 30.4 Å². The van der Waals surface area contributed by atoms with Crippen molar-refractivity contribution in [1.29, 1.82) is 0 Å². The van der Waals surface area contributed by atoms with E-state index < -0.39 is 0 Å². The fourth-order valence-corrected chi connectivity index (χ4v) is 3.49. The molecule has 1 aromatic carbocycles. The first-order valence-electron chi connectivity index (χ1n) is 7.44. The molecule has 2 unspecified atom stereocenters. The molecule has 3 nitrogen and oxygen atoms in total. The Balaban J connectivity index is 0.00000161. The molecule has 1 aromatic rings. The Morgan fingerprint density at radius 3 is 2.71 bits per heavy atom. The van der Waals surface area contributed by atoms with Crippen LogP contribution in [-0.2, 0) is 4.79 Å². The van der Waals surface area contributed by atoms with E-state index in [1.807, 2.05) is 29.2 Å². The van der Waals surface area contributed by atoms with Crippen molar-refractivity contribution in [2.75, 3.05) is 19.6 Å². The molecule has 2 heterocycles. The summed E-state index contributed by atoms with van der Waals surface area (Å²) in [4.78, 5) is 14.8. The summed E-state index contributed by atoms with van der Waals surface area (Å²) < 4.78 is 0. The number of amides is 1. The molecule has 3 rings (SSSR count). The summed E-state index contributed by atoms with van der Waals surface area (Å²) >= 11 is 6.31. The Labute approximate surface area is 137 Å². The van der Waals surface area contributed by atoms with E-state index in [1.165, 1.54) is 0 Å². The third-order valence-electron chi connectivity index (χ3n) is 4.71. The number of carbonyl (C=O) groups is 1. The highest BCUT2D eigenvalue weighted by atomic mass is 35.5. The van der Waals surface area contributed by atoms with Gasteiger partial charge in [0, 0.05) is 17.5 Å². The number of carbonyl (C=O) groups excluding carboxylic acids is 1. The number of nitrogens with one attached hydrogen (secondary N) is 1. The molecule has 0 aromatic heterocycles. The molecular weight excluding hydrogens is 307 g/mol. The number of benzene rings is 1. The van der Waals surface area contributed by atoms with Crippen LogP contribution in [0.15, 0.2) is 24.3 Å². The Morgan fingerprint density at radius 2 is 2.10 bits per heavy atom. The minimum absolute atomic E-state index is 0. The van der Waals surface area contributed by atoms with Crippen molar-refractivity contribution >= 4 is 29.9 Å². The van der Waals surface area contributed by atoms with Gasteiger partial charge < -0.3 is 10.2 Å². The molecule has 2 aliphatic heterocycles. The van der Waals surface area contributed by atoms with E-state index >= 15 is 0 Å². The van der Waals surface area contributed by atoms with Crippen LogP contribution in [0.1, 0.15) is 31.4 Å². The van der Waals surface area contributed by atoms with E-state index in [-0.39, 0.29) is 24.4 Å². The first-order chi connectivity index (χ1) is 9.68. The smallest absolute Gasteiger partial charge is 0.226 e. The van der Waals surface area contributed by atoms with Gasteiger partial charge in [-0.15, -0.1) is 12.4 Å². The van der Waals surface area contributed by atoms with Crippen LogP contribution >= 0.6 is 24.0 Å². The number of hydrogen-bond acceptors (Lipinski definition) is 2. The number of rotatable bonds is 3. The van der Waals surface area contributed by atoms with Gasteiger partial charge >= 0.3 is 0 Å². The molecule has 2 saturated heterocycles. The normalized spacial score (nSPS) is 23.3. The summed E-state index contributed by atoms with van der Waals surface area (Å²) in [6, 6.07) is 8.06. The van der Waals surface area contributed by atoms with E-state index in [9.17, 15) is 4.79 Å². The van der Waals surface area contributed by atoms with Gasteiger partial charge in [0.2, 0.25) is 5.91 Å². The second-order valence-electron chi connectivity index (χ2n) is 5.92. The van der Waals surface area contributed by atoms with Crippen LogP contribution < -0.4 is 5.32 Å². The highest BCUT2D eigenvalue weighted by Crippen LogP contribution is 2.37. The fourth-order valence-electron chi connectivity index (χ4n) is 3.23. The highest BCUT2D eigenvalue weighted by Gasteiger charge is 2.37. The molecule has 1 amide bonds. The van der Waals surface area contributed by atoms with Gasteiger partial charge in [-0.05, 0) is 43.5 Å². The average molecular weight is 329 g/mol. The topological polar surface area (TPSA) is 32.3 Å². The van der Waals surface area contributed by atoms with Crippen molar-refractivity contribution in [1.82, 2.24) is 10.2 Å². The monoisotopic (exact) mass is 328 g/mol. The number of halogens is 2. The summed E-state index contributed by atoms with van der Waals surface area (Å²) in [5, 5.41) is 4.02. The summed E-state index contributed by atoms with van der Waals surface area (Å²) in [7, 11) is 0. The quantitative estimate of drug-likeness (QED) is 0.923. The van der Waals surface area contributed by atoms with Gasteiger partial charge in [-0.3, -0.25) is 4.79 Å². The van der Waals surface area contributed by atoms with E-state index in [0.717, 1.165) is 43.1 Å². The maximum atomic E-state index is 12.7. The molecule has 5 heteroatoms. The van der Waals surface area contributed by atoms with Gasteiger partial charge in [0.25, 0.3) is 0 Å². The zero-order chi connectivity index (χ0) is 14.1. The maximum absolute atomic E-state index is 12.7. The molecule has 1 N–H and O–H groups in total. The molecule has 0 saturated carbocycles. The van der Waals surface area contributed by atoms with Crippen LogP contribution in [0, 0.1) is 11.8 Å². The van der Waals surface area contributed by atoms with Crippen molar-refractivity contribution < 1.29 is 4.79 Å². The molecule has 0 spiro atoms. The van der Waals surface area contributed by atoms with Crippen LogP contribution in [0.25, 0.3) is 0 Å². The van der Waals surface area contributed by atoms with Crippen molar-refractivity contribution in [3.05, 3.63) is 34.9 Å². The summed E-state index contributed by atoms with van der Waals surface area (Å²) in [5.41, 5.74) is 1.10. The molecule has 2 fully saturated rings. The van der Waals surface area contributed by atoms with Crippen molar-refractivity contribution in [2.24, 2.45) is 11.8 Å². The largest absolute Gasteiger partial charge is 0.335 e. The minimum atomic E-state index is 0. The lowest BCUT2D eigenvalue weighted by molar-refractivity contribution is -0.138. The zero-order valence-corrected chi connectivity index (χ0v) is 13.8. The maximum Gasteiger partial charge on any atom is 0.226 e. The lowest BCUT2D eigenvalue weighted by Crippen LogP contribution is -2.50. The Kier molecular flexibility index (Phi) is 5.53. The second kappa shape index (κ2) is 6.99. The lowest BCUT2D eigenvalue weighted by Gasteiger charge is -2.36. The van der Waals surface area contributed by atoms with Gasteiger partial charge in [0.1, 0.15) is 0 Å². The van der Waals surface area contributed by atoms with Crippen LogP contribution in [0.4, 0.5) is 0 Å². The number of likely N-dealkylation sites (tertiary alicyclic amines) is 1. The SMILES string of the molecule is CC(C(=O)N1CCCC1c1ccccc1Cl)C1CNC1.Cl. The summed E-state index contributed by atoms with van der Waals surface area (Å²) in [6.45, 7) is 4.87. The number of hydrogen-bond donors (Lipinski definition) is 1. The second-order valence-corrected chi connectivity index (χ2v) is 6.33. The summed E-state index contributed by atoms with van der Waals surface area (Å²) in [5.74, 6) is 0.897. The first-order valence-corrected chi connectivity index (χ1v) is 7.82. The lowest BCUT2D eigenvalue weighted by atomic mass is 9.87. The molecule has 0 radical (unpaired) electrons. The molecule has 116 valence electrons. The molecule has 2 aliphatic rings. The van der Waals surface area contributed by atoms with Gasteiger partial charge in [0.05, 0.1) is 6.04 Å². The van der Waals surface area contributed by atoms with Crippen molar-refractivity contribution in [3.8, 4) is 0 Å². The number of nitrogens with zero attached hydrogens (tertiary/aromatic N) is 1. The van der Waals surface area contributed by atoms with Gasteiger partial charge in [0.15, 0.2) is 0 Å². The van der Waals surface area contributed by atoms with Crippen LogP contribution in [0.2, 0.25) is 5.02 Å². The third kappa shape index (κ3) is 3.20. The predicted molar refractivity (Wildman–Crippen MR) is 87.9 cm³/mol. The van der Waals surface area contributed by atoms with Crippen LogP contribution in [0.3, 0.4) is 0 Å². The Morgan fingerprint density at radius 1 is 1.38 bits per heavy atom. The van der Waals surface area contributed by atoms with Crippen LogP contribution in [0.5, 0.6) is 0 Å². The highest BCUT2D eigenvalue weighted by molar-refractivity contribution is 6.31. The fraction of sp³-hybridized carbons (Fsp3) is 0.562. The van der Waals surface area contributed by atoms with Crippen molar-refractivity contribution in [3.63, 3.8) is 0 Å². The third-order valence-corrected chi connectivity index (χ3v) is 5.05. The minimum Gasteiger partial charge on any atom is -0.335 e. The molecule has 2 atom stereocenters. The first kappa shape index (κ1) is 16.6. The molecule has 21 heavy (non-hydrogen) atoms. The van der Waals surface area contributed by atoms with E-state index in [2.05, 4.69) is 12.2 Å². The van der Waals surface area contributed by atoms with Gasteiger partial charge in [-0.1, -0.05) is 36.7 Å². The van der Waals surface area contributed by atoms with E-state index in [4.69, 9.17) is 11.6 Å². The average Bonchev–Trinajstić information content (AvgIpc) is 2.85. The Bertz CT molecular complexity index is 505. The van der Waals surface area contributed by atoms with Gasteiger partial charge in [-0.25, -0.2) is 0 Å². The van der Waals surface area contributed by atoms with Crippen molar-refractivity contribution in [2.45, 2.75) is 25.8 Å². The predicted octanol–water partition coefficient (Wildman–Crippen LogP) is 3.28. The van der Waals surface area contributed by atoms with Gasteiger partial charge in [-0.2, -0.15) is 0 Å². The Hall–Kier alpha value is -0.770. The summed E-state index contributed by atoms with van der Waals surface area (Å²) in [6.07, 6.45) is 2.09. The molecule has 0 aliphatic carbocycles. The van der Waals surface area contributed by atoms with E-state index in [1.54, 1.807) is 0 Å². The van der Waals surface area contributed by atoms with E-state index in [0.29, 0.717) is 11.8 Å².